The average Bonchev–Trinajstić information content (AvgIpc) is 2.96. The lowest BCUT2D eigenvalue weighted by Gasteiger charge is -2.18. The molecule has 23 heavy (non-hydrogen) atoms. The van der Waals surface area contributed by atoms with Crippen molar-refractivity contribution in [3.05, 3.63) is 52.9 Å². The summed E-state index contributed by atoms with van der Waals surface area (Å²) >= 11 is 3.47. The van der Waals surface area contributed by atoms with Crippen molar-refractivity contribution >= 4 is 27.3 Å². The number of aromatic nitrogens is 3. The predicted octanol–water partition coefficient (Wildman–Crippen LogP) is 3.04. The zero-order chi connectivity index (χ0) is 16.2. The lowest BCUT2D eigenvalue weighted by molar-refractivity contribution is 0.276. The minimum Gasteiger partial charge on any atom is -0.494 e. The van der Waals surface area contributed by atoms with E-state index in [9.17, 15) is 5.11 Å². The van der Waals surface area contributed by atoms with Gasteiger partial charge in [-0.25, -0.2) is 9.50 Å². The first kappa shape index (κ1) is 15.8. The molecule has 0 aliphatic heterocycles. The number of hydrogen-bond acceptors (Lipinski definition) is 5. The Bertz CT molecular complexity index is 788. The van der Waals surface area contributed by atoms with Crippen molar-refractivity contribution in [3.8, 4) is 5.75 Å². The molecule has 0 amide bonds. The van der Waals surface area contributed by atoms with Crippen LogP contribution in [0.4, 0.5) is 5.82 Å². The van der Waals surface area contributed by atoms with Gasteiger partial charge in [-0.1, -0.05) is 12.1 Å². The highest BCUT2D eigenvalue weighted by atomic mass is 79.9. The molecular formula is C16H17BrN4O2. The maximum Gasteiger partial charge on any atom is 0.153 e. The lowest BCUT2D eigenvalue weighted by Crippen LogP contribution is -2.16. The van der Waals surface area contributed by atoms with Crippen LogP contribution in [0.25, 0.3) is 5.52 Å². The van der Waals surface area contributed by atoms with Crippen molar-refractivity contribution in [1.82, 2.24) is 14.6 Å². The number of rotatable bonds is 6. The molecule has 0 fully saturated rings. The van der Waals surface area contributed by atoms with Gasteiger partial charge in [-0.2, -0.15) is 5.10 Å². The fourth-order valence-electron chi connectivity index (χ4n) is 2.38. The third-order valence-electron chi connectivity index (χ3n) is 3.47. The molecule has 120 valence electrons. The third-order valence-corrected chi connectivity index (χ3v) is 4.05. The van der Waals surface area contributed by atoms with Crippen LogP contribution in [0.15, 0.2) is 47.3 Å². The van der Waals surface area contributed by atoms with E-state index in [1.165, 1.54) is 0 Å². The van der Waals surface area contributed by atoms with E-state index in [-0.39, 0.29) is 12.6 Å². The van der Waals surface area contributed by atoms with Crippen molar-refractivity contribution in [2.75, 3.05) is 18.5 Å². The molecule has 0 aliphatic rings. The average molecular weight is 377 g/mol. The highest BCUT2D eigenvalue weighted by molar-refractivity contribution is 9.10. The van der Waals surface area contributed by atoms with Crippen LogP contribution in [0, 0.1) is 0 Å². The smallest absolute Gasteiger partial charge is 0.153 e. The number of halogens is 1. The molecule has 0 saturated carbocycles. The minimum atomic E-state index is -0.272. The summed E-state index contributed by atoms with van der Waals surface area (Å²) in [6.07, 6.45) is 5.16. The Kier molecular flexibility index (Phi) is 4.78. The van der Waals surface area contributed by atoms with E-state index < -0.39 is 0 Å². The quantitative estimate of drug-likeness (QED) is 0.691. The molecule has 0 bridgehead atoms. The van der Waals surface area contributed by atoms with Gasteiger partial charge in [0.05, 0.1) is 29.9 Å². The number of ether oxygens (including phenoxy) is 1. The molecule has 6 nitrogen and oxygen atoms in total. The monoisotopic (exact) mass is 376 g/mol. The summed E-state index contributed by atoms with van der Waals surface area (Å²) in [4.78, 5) is 4.36. The molecular weight excluding hydrogens is 360 g/mol. The van der Waals surface area contributed by atoms with Crippen LogP contribution < -0.4 is 10.1 Å². The minimum absolute atomic E-state index is 0.0531. The summed E-state index contributed by atoms with van der Waals surface area (Å²) < 4.78 is 8.01. The van der Waals surface area contributed by atoms with Gasteiger partial charge in [-0.3, -0.25) is 0 Å². The molecule has 0 saturated heterocycles. The van der Waals surface area contributed by atoms with Crippen molar-refractivity contribution in [2.24, 2.45) is 0 Å². The van der Waals surface area contributed by atoms with E-state index in [0.717, 1.165) is 21.3 Å². The molecule has 2 aromatic heterocycles. The summed E-state index contributed by atoms with van der Waals surface area (Å²) in [6, 6.07) is 7.39. The number of aliphatic hydroxyl groups is 1. The van der Waals surface area contributed by atoms with Crippen LogP contribution in [0.3, 0.4) is 0 Å². The molecule has 3 rings (SSSR count). The van der Waals surface area contributed by atoms with E-state index in [4.69, 9.17) is 4.74 Å². The predicted molar refractivity (Wildman–Crippen MR) is 91.7 cm³/mol. The Hall–Kier alpha value is -2.12. The van der Waals surface area contributed by atoms with Gasteiger partial charge in [0.25, 0.3) is 0 Å². The Morgan fingerprint density at radius 3 is 2.83 bits per heavy atom. The first-order valence-electron chi connectivity index (χ1n) is 7.31. The first-order chi connectivity index (χ1) is 11.2. The zero-order valence-electron chi connectivity index (χ0n) is 12.6. The summed E-state index contributed by atoms with van der Waals surface area (Å²) in [5, 5.41) is 17.3. The summed E-state index contributed by atoms with van der Waals surface area (Å²) in [6.45, 7) is 2.52. The second-order valence-electron chi connectivity index (χ2n) is 4.94. The van der Waals surface area contributed by atoms with Gasteiger partial charge in [0.15, 0.2) is 5.82 Å². The number of hydrogen-bond donors (Lipinski definition) is 2. The Morgan fingerprint density at radius 1 is 1.35 bits per heavy atom. The highest BCUT2D eigenvalue weighted by Crippen LogP contribution is 2.27. The second kappa shape index (κ2) is 6.97. The van der Waals surface area contributed by atoms with Gasteiger partial charge >= 0.3 is 0 Å². The number of aliphatic hydroxyl groups excluding tert-OH is 1. The molecule has 1 atom stereocenters. The number of nitrogens with zero attached hydrogens (tertiary/aromatic N) is 3. The first-order valence-corrected chi connectivity index (χ1v) is 8.10. The standard InChI is InChI=1S/C16H17BrN4O2/c1-2-23-12-5-3-11(4-6-12)14(10-22)20-16-15-13(17)9-19-21(15)8-7-18-16/h3-9,14,22H,2,10H2,1H3,(H,18,20). The molecule has 1 aromatic carbocycles. The largest absolute Gasteiger partial charge is 0.494 e. The number of benzene rings is 1. The van der Waals surface area contributed by atoms with Crippen molar-refractivity contribution in [1.29, 1.82) is 0 Å². The molecule has 2 N–H and O–H groups in total. The van der Waals surface area contributed by atoms with Crippen LogP contribution in [0.2, 0.25) is 0 Å². The van der Waals surface area contributed by atoms with Crippen LogP contribution >= 0.6 is 15.9 Å². The SMILES string of the molecule is CCOc1ccc(C(CO)Nc2nccn3ncc(Br)c23)cc1. The van der Waals surface area contributed by atoms with E-state index >= 15 is 0 Å². The lowest BCUT2D eigenvalue weighted by atomic mass is 10.1. The number of anilines is 1. The third kappa shape index (κ3) is 3.30. The van der Waals surface area contributed by atoms with Crippen molar-refractivity contribution in [2.45, 2.75) is 13.0 Å². The number of fused-ring (bicyclic) bond motifs is 1. The highest BCUT2D eigenvalue weighted by Gasteiger charge is 2.15. The summed E-state index contributed by atoms with van der Waals surface area (Å²) in [7, 11) is 0. The second-order valence-corrected chi connectivity index (χ2v) is 5.80. The van der Waals surface area contributed by atoms with Gasteiger partial charge in [0.2, 0.25) is 0 Å². The van der Waals surface area contributed by atoms with Gasteiger partial charge < -0.3 is 15.2 Å². The van der Waals surface area contributed by atoms with E-state index in [1.807, 2.05) is 31.2 Å². The van der Waals surface area contributed by atoms with Crippen LogP contribution in [0.5, 0.6) is 5.75 Å². The molecule has 2 heterocycles. The van der Waals surface area contributed by atoms with Gasteiger partial charge in [-0.05, 0) is 40.5 Å². The fraction of sp³-hybridized carbons (Fsp3) is 0.250. The van der Waals surface area contributed by atoms with Crippen molar-refractivity contribution in [3.63, 3.8) is 0 Å². The van der Waals surface area contributed by atoms with Crippen molar-refractivity contribution < 1.29 is 9.84 Å². The Morgan fingerprint density at radius 2 is 2.13 bits per heavy atom. The van der Waals surface area contributed by atoms with E-state index in [0.29, 0.717) is 12.4 Å². The van der Waals surface area contributed by atoms with Gasteiger partial charge in [0, 0.05) is 12.4 Å². The van der Waals surface area contributed by atoms with Gasteiger partial charge in [0.1, 0.15) is 11.3 Å². The zero-order valence-corrected chi connectivity index (χ0v) is 14.2. The Balaban J connectivity index is 1.87. The maximum absolute atomic E-state index is 9.75. The fourth-order valence-corrected chi connectivity index (χ4v) is 2.84. The van der Waals surface area contributed by atoms with Gasteiger partial charge in [-0.15, -0.1) is 0 Å². The van der Waals surface area contributed by atoms with E-state index in [2.05, 4.69) is 31.3 Å². The maximum atomic E-state index is 9.75. The summed E-state index contributed by atoms with van der Waals surface area (Å²) in [5.74, 6) is 1.47. The molecule has 7 heteroatoms. The Labute approximate surface area is 142 Å². The molecule has 3 aromatic rings. The van der Waals surface area contributed by atoms with Crippen LogP contribution in [-0.4, -0.2) is 32.9 Å². The van der Waals surface area contributed by atoms with Crippen LogP contribution in [0.1, 0.15) is 18.5 Å². The number of nitrogens with one attached hydrogen (secondary N) is 1. The molecule has 1 unspecified atom stereocenters. The van der Waals surface area contributed by atoms with Crippen LogP contribution in [-0.2, 0) is 0 Å². The normalized spacial score (nSPS) is 12.3. The van der Waals surface area contributed by atoms with E-state index in [1.54, 1.807) is 23.1 Å². The molecule has 0 spiro atoms. The topological polar surface area (TPSA) is 71.7 Å². The molecule has 0 radical (unpaired) electrons. The molecule has 0 aliphatic carbocycles. The summed E-state index contributed by atoms with van der Waals surface area (Å²) in [5.41, 5.74) is 1.78.